The summed E-state index contributed by atoms with van der Waals surface area (Å²) >= 11 is 0. The van der Waals surface area contributed by atoms with Gasteiger partial charge in [-0.05, 0) is 92.9 Å². The second kappa shape index (κ2) is 17.1. The summed E-state index contributed by atoms with van der Waals surface area (Å²) in [4.78, 5) is 82.4. The van der Waals surface area contributed by atoms with E-state index in [0.29, 0.717) is 36.7 Å². The van der Waals surface area contributed by atoms with Crippen molar-refractivity contribution in [3.8, 4) is 11.3 Å². The van der Waals surface area contributed by atoms with E-state index >= 15 is 0 Å². The fraction of sp³-hybridized carbons (Fsp3) is 0.426. The Labute approximate surface area is 367 Å². The number of piperidine rings is 1. The molecular weight excluding hydrogens is 801 g/mol. The molecule has 0 saturated carbocycles. The number of aromatic nitrogens is 2. The van der Waals surface area contributed by atoms with Crippen LogP contribution in [0.3, 0.4) is 0 Å². The van der Waals surface area contributed by atoms with Crippen molar-refractivity contribution in [3.63, 3.8) is 0 Å². The topological polar surface area (TPSA) is 173 Å². The number of likely N-dealkylation sites (tertiary alicyclic amines) is 1. The molecule has 0 spiro atoms. The van der Waals surface area contributed by atoms with Gasteiger partial charge >= 0.3 is 6.03 Å². The molecule has 1 aromatic heterocycles. The summed E-state index contributed by atoms with van der Waals surface area (Å²) < 4.78 is 5.76. The van der Waals surface area contributed by atoms with Gasteiger partial charge in [-0.25, -0.2) is 14.8 Å². The summed E-state index contributed by atoms with van der Waals surface area (Å²) in [6.45, 7) is 16.4. The lowest BCUT2D eigenvalue weighted by atomic mass is 9.80. The highest BCUT2D eigenvalue weighted by molar-refractivity contribution is 6.23. The van der Waals surface area contributed by atoms with Crippen molar-refractivity contribution in [3.05, 3.63) is 95.2 Å². The van der Waals surface area contributed by atoms with Gasteiger partial charge in [-0.2, -0.15) is 0 Å². The minimum atomic E-state index is -0.974. The van der Waals surface area contributed by atoms with Crippen LogP contribution in [0.4, 0.5) is 27.8 Å². The number of imide groups is 2. The summed E-state index contributed by atoms with van der Waals surface area (Å²) in [6.07, 6.45) is 2.25. The molecule has 63 heavy (non-hydrogen) atoms. The van der Waals surface area contributed by atoms with Crippen LogP contribution in [-0.4, -0.2) is 131 Å². The Kier molecular flexibility index (Phi) is 11.4. The van der Waals surface area contributed by atoms with Crippen molar-refractivity contribution in [1.29, 1.82) is 0 Å². The monoisotopic (exact) mass is 854 g/mol. The van der Waals surface area contributed by atoms with Gasteiger partial charge in [0.1, 0.15) is 6.04 Å². The lowest BCUT2D eigenvalue weighted by Crippen LogP contribution is -2.61. The number of hydrogen-bond acceptors (Lipinski definition) is 12. The third-order valence-corrected chi connectivity index (χ3v) is 12.7. The Bertz CT molecular complexity index is 2440. The number of nitrogens with one attached hydrogen (secondary N) is 3. The number of aryl methyl sites for hydroxylation is 1. The van der Waals surface area contributed by atoms with Gasteiger partial charge in [-0.1, -0.05) is 19.1 Å². The van der Waals surface area contributed by atoms with E-state index in [4.69, 9.17) is 9.72 Å². The number of rotatable bonds is 12. The number of ether oxygens (including phenoxy) is 1. The van der Waals surface area contributed by atoms with E-state index in [1.54, 1.807) is 23.2 Å². The van der Waals surface area contributed by atoms with E-state index in [-0.39, 0.29) is 36.5 Å². The molecule has 3 N–H and O–H groups in total. The second-order valence-electron chi connectivity index (χ2n) is 18.1. The Hall–Kier alpha value is -6.39. The Morgan fingerprint density at radius 1 is 0.889 bits per heavy atom. The molecule has 16 nitrogen and oxygen atoms in total. The molecule has 0 radical (unpaired) electrons. The number of carbonyl (C=O) groups excluding carboxylic acids is 5. The predicted octanol–water partition coefficient (Wildman–Crippen LogP) is 4.56. The van der Waals surface area contributed by atoms with Crippen molar-refractivity contribution in [1.82, 2.24) is 35.3 Å². The van der Waals surface area contributed by atoms with Crippen molar-refractivity contribution >= 4 is 52.7 Å². The van der Waals surface area contributed by atoms with Gasteiger partial charge < -0.3 is 30.1 Å². The highest BCUT2D eigenvalue weighted by atomic mass is 16.5. The third-order valence-electron chi connectivity index (χ3n) is 12.7. The van der Waals surface area contributed by atoms with Crippen LogP contribution >= 0.6 is 0 Å². The van der Waals surface area contributed by atoms with Gasteiger partial charge in [0, 0.05) is 93.0 Å². The van der Waals surface area contributed by atoms with E-state index in [1.807, 2.05) is 45.0 Å². The maximum Gasteiger partial charge on any atom is 0.317 e. The number of hydrogen-bond donors (Lipinski definition) is 3. The zero-order valence-corrected chi connectivity index (χ0v) is 36.2. The number of piperazine rings is 1. The summed E-state index contributed by atoms with van der Waals surface area (Å²) in [7, 11) is 0. The van der Waals surface area contributed by atoms with Crippen molar-refractivity contribution in [2.45, 2.75) is 65.3 Å². The zero-order valence-electron chi connectivity index (χ0n) is 36.2. The molecule has 0 aliphatic carbocycles. The van der Waals surface area contributed by atoms with Crippen LogP contribution in [0, 0.1) is 12.3 Å². The molecule has 5 aliphatic heterocycles. The molecule has 5 aliphatic rings. The molecule has 9 rings (SSSR count). The molecule has 0 bridgehead atoms. The van der Waals surface area contributed by atoms with E-state index in [1.165, 1.54) is 0 Å². The van der Waals surface area contributed by atoms with Crippen LogP contribution in [0.5, 0.6) is 0 Å². The van der Waals surface area contributed by atoms with Crippen LogP contribution in [0.15, 0.2) is 72.9 Å². The summed E-state index contributed by atoms with van der Waals surface area (Å²) in [5, 5.41) is 8.64. The maximum absolute atomic E-state index is 13.4. The number of carbonyl (C=O) groups is 5. The second-order valence-corrected chi connectivity index (χ2v) is 18.1. The largest absolute Gasteiger partial charge is 0.372 e. The number of benzene rings is 3. The number of anilines is 4. The smallest absolute Gasteiger partial charge is 0.317 e. The maximum atomic E-state index is 13.4. The van der Waals surface area contributed by atoms with E-state index in [2.05, 4.69) is 72.9 Å². The molecule has 16 heteroatoms. The lowest BCUT2D eigenvalue weighted by Gasteiger charge is -2.52. The first-order valence-electron chi connectivity index (χ1n) is 21.9. The molecule has 4 saturated heterocycles. The molecule has 4 aromatic rings. The first kappa shape index (κ1) is 41.9. The van der Waals surface area contributed by atoms with Gasteiger partial charge in [-0.15, -0.1) is 0 Å². The molecule has 3 aromatic carbocycles. The predicted molar refractivity (Wildman–Crippen MR) is 238 cm³/mol. The SMILES string of the molecule is Cc1cc(-c2ccnc(Nc3ccc(N4CCN(CC5(C)CN(c6ccc7c(c6)C(=O)N(C6CCC(=O)NC6=O)C7=O)C5)CC4)cc3)n2)ccc1CNC(=O)N1CC(OC(C)C)C1. The van der Waals surface area contributed by atoms with Crippen LogP contribution in [0.1, 0.15) is 65.5 Å². The first-order chi connectivity index (χ1) is 30.3. The summed E-state index contributed by atoms with van der Waals surface area (Å²) in [5.74, 6) is -1.46. The number of urea groups is 1. The first-order valence-corrected chi connectivity index (χ1v) is 21.9. The number of fused-ring (bicyclic) bond motifs is 1. The molecule has 1 unspecified atom stereocenters. The summed E-state index contributed by atoms with van der Waals surface area (Å²) in [6, 6.07) is 20.7. The fourth-order valence-electron chi connectivity index (χ4n) is 9.39. The third kappa shape index (κ3) is 8.82. The minimum absolute atomic E-state index is 0.0749. The Balaban J connectivity index is 0.727. The quantitative estimate of drug-likeness (QED) is 0.170. The van der Waals surface area contributed by atoms with Gasteiger partial charge in [0.15, 0.2) is 0 Å². The molecular formula is C47H54N10O6. The van der Waals surface area contributed by atoms with Crippen LogP contribution in [0.2, 0.25) is 0 Å². The van der Waals surface area contributed by atoms with Gasteiger partial charge in [0.2, 0.25) is 17.8 Å². The molecule has 4 fully saturated rings. The average molecular weight is 855 g/mol. The van der Waals surface area contributed by atoms with Crippen molar-refractivity contribution in [2.75, 3.05) is 74.0 Å². The van der Waals surface area contributed by atoms with Crippen LogP contribution in [0.25, 0.3) is 11.3 Å². The van der Waals surface area contributed by atoms with Crippen molar-refractivity contribution < 1.29 is 28.7 Å². The van der Waals surface area contributed by atoms with E-state index < -0.39 is 29.7 Å². The standard InChI is InChI=1S/C47H54N10O6/c1-29(2)63-36-24-55(25-36)46(62)49-23-32-6-5-31(21-30(32)3)39-15-16-48-45(51-39)50-33-7-9-34(10-8-33)54-19-17-53(18-20-54)26-47(4)27-56(28-47)35-11-12-37-38(22-35)44(61)57(43(37)60)40-13-14-41(58)52-42(40)59/h5-12,15-16,21-22,29,36,40H,13-14,17-20,23-28H2,1-4H3,(H,49,62)(H,48,50,51)(H,52,58,59). The summed E-state index contributed by atoms with van der Waals surface area (Å²) in [5.41, 5.74) is 7.52. The van der Waals surface area contributed by atoms with Gasteiger partial charge in [0.25, 0.3) is 11.8 Å². The van der Waals surface area contributed by atoms with E-state index in [9.17, 15) is 24.0 Å². The average Bonchev–Trinajstić information content (AvgIpc) is 3.48. The van der Waals surface area contributed by atoms with Gasteiger partial charge in [0.05, 0.1) is 42.1 Å². The van der Waals surface area contributed by atoms with E-state index in [0.717, 1.165) is 90.2 Å². The lowest BCUT2D eigenvalue weighted by molar-refractivity contribution is -0.136. The van der Waals surface area contributed by atoms with Gasteiger partial charge in [-0.3, -0.25) is 34.3 Å². The number of amides is 6. The van der Waals surface area contributed by atoms with Crippen LogP contribution < -0.4 is 25.8 Å². The van der Waals surface area contributed by atoms with Crippen molar-refractivity contribution in [2.24, 2.45) is 5.41 Å². The molecule has 6 heterocycles. The highest BCUT2D eigenvalue weighted by Gasteiger charge is 2.46. The minimum Gasteiger partial charge on any atom is -0.372 e. The fourth-order valence-corrected chi connectivity index (χ4v) is 9.39. The Morgan fingerprint density at radius 2 is 1.62 bits per heavy atom. The Morgan fingerprint density at radius 3 is 2.33 bits per heavy atom. The molecule has 328 valence electrons. The van der Waals surface area contributed by atoms with Crippen LogP contribution in [-0.2, 0) is 20.9 Å². The normalized spacial score (nSPS) is 20.1. The molecule has 1 atom stereocenters. The number of nitrogens with zero attached hydrogens (tertiary/aromatic N) is 7. The zero-order chi connectivity index (χ0) is 44.0. The molecule has 6 amide bonds. The highest BCUT2D eigenvalue weighted by Crippen LogP contribution is 2.38.